The SMILES string of the molecule is CCCCCCCC/C=C\CCCCCCCCOCCCCCCCC/C=C\CCCCCCCC.O=P([O-])([O-])[O-].[K+].[K+].[K+]. The van der Waals surface area contributed by atoms with Crippen LogP contribution in [0.25, 0.3) is 0 Å². The molecule has 0 radical (unpaired) electrons. The molecule has 0 aromatic heterocycles. The Morgan fingerprint density at radius 2 is 0.600 bits per heavy atom. The predicted molar refractivity (Wildman–Crippen MR) is 177 cm³/mol. The van der Waals surface area contributed by atoms with Gasteiger partial charge in [0.2, 0.25) is 0 Å². The van der Waals surface area contributed by atoms with Gasteiger partial charge >= 0.3 is 154 Å². The molecule has 0 heterocycles. The summed E-state index contributed by atoms with van der Waals surface area (Å²) >= 11 is 0. The van der Waals surface area contributed by atoms with Crippen LogP contribution in [0.5, 0.6) is 0 Å². The summed E-state index contributed by atoms with van der Waals surface area (Å²) in [6.45, 7) is 6.54. The van der Waals surface area contributed by atoms with Crippen molar-refractivity contribution in [3.05, 3.63) is 24.3 Å². The topological polar surface area (TPSA) is 95.5 Å². The maximum Gasteiger partial charge on any atom is 1.00 e. The van der Waals surface area contributed by atoms with E-state index in [0.717, 1.165) is 13.2 Å². The Labute approximate surface area is 409 Å². The van der Waals surface area contributed by atoms with E-state index in [1.54, 1.807) is 0 Å². The molecule has 0 aliphatic rings. The van der Waals surface area contributed by atoms with Gasteiger partial charge in [-0.3, -0.25) is 0 Å². The molecule has 0 saturated carbocycles. The molecule has 0 saturated heterocycles. The molecule has 0 spiro atoms. The summed E-state index contributed by atoms with van der Waals surface area (Å²) in [5, 5.41) is 0. The standard InChI is InChI=1S/C36H70O.3K.H3O4P/c1-3-5-7-9-11-13-15-17-19-21-23-25-27-29-31-33-35-37-36-34-32-30-28-26-24-22-20-18-16-14-12-10-8-6-4-2;;;;1-5(2,3)4/h17-20H,3-16,21-36H2,1-2H3;;;;(H3,1,2,3,4)/q;3*+1;/p-3/b19-17-,20-18-;;;;. The van der Waals surface area contributed by atoms with Gasteiger partial charge in [0.1, 0.15) is 0 Å². The second-order valence-corrected chi connectivity index (χ2v) is 12.8. The summed E-state index contributed by atoms with van der Waals surface area (Å²) in [4.78, 5) is 25.6. The van der Waals surface area contributed by atoms with E-state index in [0.29, 0.717) is 0 Å². The fourth-order valence-corrected chi connectivity index (χ4v) is 5.01. The second-order valence-electron chi connectivity index (χ2n) is 11.9. The van der Waals surface area contributed by atoms with Crippen LogP contribution in [0.1, 0.15) is 194 Å². The first kappa shape index (κ1) is 58.8. The molecule has 0 aromatic rings. The fourth-order valence-electron chi connectivity index (χ4n) is 5.01. The molecule has 0 aliphatic heterocycles. The van der Waals surface area contributed by atoms with E-state index in [1.165, 1.54) is 180 Å². The molecule has 0 unspecified atom stereocenters. The normalized spacial score (nSPS) is 11.1. The van der Waals surface area contributed by atoms with Gasteiger partial charge in [-0.1, -0.05) is 154 Å². The molecule has 0 fully saturated rings. The Kier molecular flexibility index (Phi) is 69.0. The number of rotatable bonds is 32. The van der Waals surface area contributed by atoms with E-state index in [9.17, 15) is 0 Å². The Morgan fingerprint density at radius 1 is 0.400 bits per heavy atom. The van der Waals surface area contributed by atoms with Gasteiger partial charge in [0.15, 0.2) is 0 Å². The van der Waals surface area contributed by atoms with Crippen LogP contribution in [-0.4, -0.2) is 13.2 Å². The number of allylic oxidation sites excluding steroid dienone is 4. The van der Waals surface area contributed by atoms with Crippen molar-refractivity contribution in [1.82, 2.24) is 0 Å². The van der Waals surface area contributed by atoms with Crippen LogP contribution >= 0.6 is 7.82 Å². The molecular formula is C36H70K3O5P. The zero-order chi connectivity index (χ0) is 31.2. The first-order valence-electron chi connectivity index (χ1n) is 18.0. The number of hydrogen-bond donors (Lipinski definition) is 0. The third-order valence-corrected chi connectivity index (χ3v) is 7.60. The number of unbranched alkanes of at least 4 members (excludes halogenated alkanes) is 24. The van der Waals surface area contributed by atoms with Crippen molar-refractivity contribution >= 4 is 7.82 Å². The molecule has 0 aliphatic carbocycles. The third kappa shape index (κ3) is 70.7. The largest absolute Gasteiger partial charge is 1.00 e. The van der Waals surface area contributed by atoms with Crippen LogP contribution in [0.15, 0.2) is 24.3 Å². The minimum absolute atomic E-state index is 0. The van der Waals surface area contributed by atoms with Gasteiger partial charge in [0.05, 0.1) is 0 Å². The van der Waals surface area contributed by atoms with E-state index in [4.69, 9.17) is 24.0 Å². The summed E-state index contributed by atoms with van der Waals surface area (Å²) < 4.78 is 14.4. The molecule has 0 aromatic carbocycles. The van der Waals surface area contributed by atoms with Crippen molar-refractivity contribution < 1.29 is 178 Å². The van der Waals surface area contributed by atoms with E-state index >= 15 is 0 Å². The summed E-state index contributed by atoms with van der Waals surface area (Å²) in [5.41, 5.74) is 0. The molecule has 45 heavy (non-hydrogen) atoms. The van der Waals surface area contributed by atoms with Gasteiger partial charge < -0.3 is 24.0 Å². The van der Waals surface area contributed by atoms with Crippen LogP contribution in [0.2, 0.25) is 0 Å². The van der Waals surface area contributed by atoms with Crippen molar-refractivity contribution in [2.45, 2.75) is 194 Å². The fraction of sp³-hybridized carbons (Fsp3) is 0.889. The average Bonchev–Trinajstić information content (AvgIpc) is 2.94. The van der Waals surface area contributed by atoms with Crippen molar-refractivity contribution in [3.63, 3.8) is 0 Å². The molecule has 5 nitrogen and oxygen atoms in total. The molecule has 9 heteroatoms. The molecule has 0 N–H and O–H groups in total. The van der Waals surface area contributed by atoms with Crippen molar-refractivity contribution in [2.24, 2.45) is 0 Å². The van der Waals surface area contributed by atoms with E-state index in [1.807, 2.05) is 0 Å². The number of ether oxygens (including phenoxy) is 1. The summed E-state index contributed by atoms with van der Waals surface area (Å²) in [7, 11) is -5.39. The van der Waals surface area contributed by atoms with Gasteiger partial charge in [-0.05, 0) is 64.2 Å². The number of hydrogen-bond acceptors (Lipinski definition) is 5. The second kappa shape index (κ2) is 52.8. The van der Waals surface area contributed by atoms with Crippen LogP contribution in [0, 0.1) is 0 Å². The van der Waals surface area contributed by atoms with Crippen LogP contribution in [-0.2, 0) is 9.30 Å². The van der Waals surface area contributed by atoms with Crippen molar-refractivity contribution in [2.75, 3.05) is 13.2 Å². The third-order valence-electron chi connectivity index (χ3n) is 7.60. The Morgan fingerprint density at radius 3 is 0.844 bits per heavy atom. The molecule has 0 bridgehead atoms. The van der Waals surface area contributed by atoms with Crippen LogP contribution in [0.3, 0.4) is 0 Å². The van der Waals surface area contributed by atoms with Crippen LogP contribution < -0.4 is 169 Å². The molecule has 252 valence electrons. The molecular weight excluding hydrogens is 661 g/mol. The maximum absolute atomic E-state index is 8.55. The van der Waals surface area contributed by atoms with E-state index in [2.05, 4.69) is 38.2 Å². The summed E-state index contributed by atoms with van der Waals surface area (Å²) in [5.74, 6) is 0. The van der Waals surface area contributed by atoms with Crippen LogP contribution in [0.4, 0.5) is 0 Å². The Bertz CT molecular complexity index is 555. The monoisotopic (exact) mass is 730 g/mol. The van der Waals surface area contributed by atoms with Gasteiger partial charge in [0.25, 0.3) is 0 Å². The first-order valence-corrected chi connectivity index (χ1v) is 19.5. The first-order chi connectivity index (χ1) is 20.4. The van der Waals surface area contributed by atoms with Crippen molar-refractivity contribution in [3.8, 4) is 0 Å². The van der Waals surface area contributed by atoms with Gasteiger partial charge in [-0.25, -0.2) is 0 Å². The minimum Gasteiger partial charge on any atom is -0.822 e. The molecule has 0 atom stereocenters. The Hall–Kier alpha value is 4.46. The minimum atomic E-state index is -5.39. The maximum atomic E-state index is 8.55. The van der Waals surface area contributed by atoms with E-state index in [-0.39, 0.29) is 154 Å². The zero-order valence-corrected chi connectivity index (χ0v) is 41.3. The molecule has 0 rings (SSSR count). The van der Waals surface area contributed by atoms with Gasteiger partial charge in [-0.2, -0.15) is 7.82 Å². The summed E-state index contributed by atoms with van der Waals surface area (Å²) in [6.07, 6.45) is 48.1. The quantitative estimate of drug-likeness (QED) is 0.0450. The van der Waals surface area contributed by atoms with Gasteiger partial charge in [-0.15, -0.1) is 0 Å². The Balaban J connectivity index is -0.000000613. The average molecular weight is 731 g/mol. The van der Waals surface area contributed by atoms with Gasteiger partial charge in [0, 0.05) is 13.2 Å². The van der Waals surface area contributed by atoms with E-state index < -0.39 is 7.82 Å². The van der Waals surface area contributed by atoms with Crippen molar-refractivity contribution in [1.29, 1.82) is 0 Å². The summed E-state index contributed by atoms with van der Waals surface area (Å²) in [6, 6.07) is 0. The predicted octanol–water partition coefficient (Wildman–Crippen LogP) is 1.27. The zero-order valence-electron chi connectivity index (χ0n) is 31.0. The number of phosphoric acid groups is 1. The smallest absolute Gasteiger partial charge is 0.822 e. The molecule has 0 amide bonds.